The monoisotopic (exact) mass is 287 g/mol. The third kappa shape index (κ3) is 3.93. The first-order chi connectivity index (χ1) is 10.0. The lowest BCUT2D eigenvalue weighted by atomic mass is 9.96. The van der Waals surface area contributed by atoms with Gasteiger partial charge in [0.1, 0.15) is 5.76 Å². The molecule has 0 aliphatic carbocycles. The first-order valence-electron chi connectivity index (χ1n) is 7.45. The minimum atomic E-state index is 0.0886. The number of benzene rings is 1. The second-order valence-corrected chi connectivity index (χ2v) is 5.77. The zero-order valence-corrected chi connectivity index (χ0v) is 13.3. The van der Waals surface area contributed by atoms with Crippen LogP contribution in [-0.2, 0) is 6.54 Å². The fourth-order valence-electron chi connectivity index (χ4n) is 2.66. The van der Waals surface area contributed by atoms with E-state index in [0.29, 0.717) is 0 Å². The highest BCUT2D eigenvalue weighted by atomic mass is 16.5. The van der Waals surface area contributed by atoms with Crippen molar-refractivity contribution in [1.82, 2.24) is 10.1 Å². The number of nitrogens with two attached hydrogens (primary N) is 1. The average molecular weight is 287 g/mol. The van der Waals surface area contributed by atoms with Gasteiger partial charge in [-0.25, -0.2) is 0 Å². The normalized spacial score (nSPS) is 14.4. The molecule has 0 fully saturated rings. The van der Waals surface area contributed by atoms with Gasteiger partial charge in [0.05, 0.1) is 5.69 Å². The van der Waals surface area contributed by atoms with Gasteiger partial charge < -0.3 is 10.3 Å². The zero-order chi connectivity index (χ0) is 15.4. The molecule has 1 heterocycles. The predicted octanol–water partition coefficient (Wildman–Crippen LogP) is 3.20. The minimum absolute atomic E-state index is 0.0886. The van der Waals surface area contributed by atoms with Gasteiger partial charge in [0.25, 0.3) is 0 Å². The number of aryl methyl sites for hydroxylation is 2. The first kappa shape index (κ1) is 15.7. The predicted molar refractivity (Wildman–Crippen MR) is 84.9 cm³/mol. The summed E-state index contributed by atoms with van der Waals surface area (Å²) in [7, 11) is 2.09. The third-order valence-electron chi connectivity index (χ3n) is 3.86. The van der Waals surface area contributed by atoms with Crippen LogP contribution in [0.1, 0.15) is 42.0 Å². The molecule has 0 amide bonds. The topological polar surface area (TPSA) is 55.3 Å². The highest BCUT2D eigenvalue weighted by molar-refractivity contribution is 5.25. The van der Waals surface area contributed by atoms with Gasteiger partial charge in [0, 0.05) is 24.7 Å². The smallest absolute Gasteiger partial charge is 0.133 e. The molecule has 1 aromatic carbocycles. The molecule has 4 heteroatoms. The van der Waals surface area contributed by atoms with Crippen molar-refractivity contribution in [3.8, 4) is 0 Å². The van der Waals surface area contributed by atoms with Crippen LogP contribution in [0.3, 0.4) is 0 Å². The van der Waals surface area contributed by atoms with Crippen molar-refractivity contribution in [2.45, 2.75) is 45.8 Å². The zero-order valence-electron chi connectivity index (χ0n) is 13.3. The minimum Gasteiger partial charge on any atom is -0.361 e. The number of likely N-dealkylation sites (N-methyl/N-ethyl adjacent to an activating group) is 1. The van der Waals surface area contributed by atoms with Crippen molar-refractivity contribution in [3.63, 3.8) is 0 Å². The van der Waals surface area contributed by atoms with Crippen LogP contribution >= 0.6 is 0 Å². The maximum absolute atomic E-state index is 6.36. The molecule has 0 bridgehead atoms. The van der Waals surface area contributed by atoms with Crippen LogP contribution in [0, 0.1) is 13.8 Å². The summed E-state index contributed by atoms with van der Waals surface area (Å²) in [5.74, 6) is 0.838. The molecule has 0 saturated heterocycles. The quantitative estimate of drug-likeness (QED) is 0.886. The Morgan fingerprint density at radius 1 is 1.24 bits per heavy atom. The van der Waals surface area contributed by atoms with Crippen LogP contribution in [0.25, 0.3) is 0 Å². The summed E-state index contributed by atoms with van der Waals surface area (Å²) in [6, 6.07) is 10.8. The molecule has 4 nitrogen and oxygen atoms in total. The Kier molecular flexibility index (Phi) is 5.15. The third-order valence-corrected chi connectivity index (χ3v) is 3.86. The molecule has 21 heavy (non-hydrogen) atoms. The molecule has 0 spiro atoms. The lowest BCUT2D eigenvalue weighted by Crippen LogP contribution is -2.38. The van der Waals surface area contributed by atoms with Gasteiger partial charge in [0.2, 0.25) is 0 Å². The number of nitrogens with zero attached hydrogens (tertiary/aromatic N) is 2. The molecule has 1 aromatic heterocycles. The molecular weight excluding hydrogens is 262 g/mol. The van der Waals surface area contributed by atoms with Gasteiger partial charge in [-0.3, -0.25) is 4.90 Å². The lowest BCUT2D eigenvalue weighted by molar-refractivity contribution is 0.196. The second kappa shape index (κ2) is 6.87. The summed E-state index contributed by atoms with van der Waals surface area (Å²) in [4.78, 5) is 2.25. The van der Waals surface area contributed by atoms with Gasteiger partial charge in [-0.1, -0.05) is 41.9 Å². The van der Waals surface area contributed by atoms with E-state index in [-0.39, 0.29) is 12.1 Å². The Morgan fingerprint density at radius 2 is 1.90 bits per heavy atom. The van der Waals surface area contributed by atoms with Crippen LogP contribution < -0.4 is 5.73 Å². The molecule has 0 saturated carbocycles. The van der Waals surface area contributed by atoms with E-state index in [1.54, 1.807) is 0 Å². The van der Waals surface area contributed by atoms with E-state index < -0.39 is 0 Å². The summed E-state index contributed by atoms with van der Waals surface area (Å²) in [6.45, 7) is 6.86. The lowest BCUT2D eigenvalue weighted by Gasteiger charge is -2.32. The van der Waals surface area contributed by atoms with E-state index in [2.05, 4.69) is 55.2 Å². The van der Waals surface area contributed by atoms with E-state index in [1.165, 1.54) is 11.1 Å². The van der Waals surface area contributed by atoms with Crippen molar-refractivity contribution in [2.75, 3.05) is 7.05 Å². The molecule has 0 radical (unpaired) electrons. The average Bonchev–Trinajstić information content (AvgIpc) is 2.86. The van der Waals surface area contributed by atoms with E-state index in [4.69, 9.17) is 10.3 Å². The van der Waals surface area contributed by atoms with Crippen molar-refractivity contribution in [1.29, 1.82) is 0 Å². The summed E-state index contributed by atoms with van der Waals surface area (Å²) in [5.41, 5.74) is 9.81. The van der Waals surface area contributed by atoms with E-state index in [0.717, 1.165) is 24.4 Å². The fourth-order valence-corrected chi connectivity index (χ4v) is 2.66. The first-order valence-corrected chi connectivity index (χ1v) is 7.45. The molecule has 114 valence electrons. The van der Waals surface area contributed by atoms with Crippen LogP contribution in [0.15, 0.2) is 34.9 Å². The summed E-state index contributed by atoms with van der Waals surface area (Å²) >= 11 is 0. The van der Waals surface area contributed by atoms with Gasteiger partial charge in [-0.15, -0.1) is 0 Å². The molecule has 2 rings (SSSR count). The van der Waals surface area contributed by atoms with E-state index in [9.17, 15) is 0 Å². The summed E-state index contributed by atoms with van der Waals surface area (Å²) in [6.07, 6.45) is 0.931. The van der Waals surface area contributed by atoms with Gasteiger partial charge in [0.15, 0.2) is 0 Å². The van der Waals surface area contributed by atoms with Gasteiger partial charge in [-0.2, -0.15) is 0 Å². The Morgan fingerprint density at radius 3 is 2.43 bits per heavy atom. The molecule has 2 N–H and O–H groups in total. The van der Waals surface area contributed by atoms with Gasteiger partial charge in [-0.05, 0) is 32.9 Å². The molecule has 2 aromatic rings. The maximum atomic E-state index is 6.36. The number of aromatic nitrogens is 1. The van der Waals surface area contributed by atoms with Crippen LogP contribution in [0.5, 0.6) is 0 Å². The van der Waals surface area contributed by atoms with E-state index in [1.807, 2.05) is 13.0 Å². The van der Waals surface area contributed by atoms with Crippen molar-refractivity contribution in [2.24, 2.45) is 5.73 Å². The summed E-state index contributed by atoms with van der Waals surface area (Å²) in [5, 5.41) is 4.07. The van der Waals surface area contributed by atoms with Crippen molar-refractivity contribution < 1.29 is 4.52 Å². The van der Waals surface area contributed by atoms with Crippen molar-refractivity contribution >= 4 is 0 Å². The Bertz CT molecular complexity index is 562. The largest absolute Gasteiger partial charge is 0.361 e. The standard InChI is InChI=1S/C17H25N3O/c1-5-16(18)17(14-8-6-12(2)7-9-14)20(4)11-15-10-13(3)21-19-15/h6-10,16-17H,5,11,18H2,1-4H3. The molecule has 2 atom stereocenters. The van der Waals surface area contributed by atoms with Crippen LogP contribution in [0.4, 0.5) is 0 Å². The highest BCUT2D eigenvalue weighted by Gasteiger charge is 2.23. The Labute approximate surface area is 126 Å². The Balaban J connectivity index is 2.20. The van der Waals surface area contributed by atoms with E-state index >= 15 is 0 Å². The fraction of sp³-hybridized carbons (Fsp3) is 0.471. The van der Waals surface area contributed by atoms with Crippen LogP contribution in [-0.4, -0.2) is 23.1 Å². The maximum Gasteiger partial charge on any atom is 0.133 e. The Hall–Kier alpha value is -1.65. The van der Waals surface area contributed by atoms with Crippen LogP contribution in [0.2, 0.25) is 0 Å². The SMILES string of the molecule is CCC(N)C(c1ccc(C)cc1)N(C)Cc1cc(C)on1. The molecule has 0 aliphatic heterocycles. The second-order valence-electron chi connectivity index (χ2n) is 5.77. The number of hydrogen-bond acceptors (Lipinski definition) is 4. The van der Waals surface area contributed by atoms with Gasteiger partial charge >= 0.3 is 0 Å². The number of rotatable bonds is 6. The molecular formula is C17H25N3O. The summed E-state index contributed by atoms with van der Waals surface area (Å²) < 4.78 is 5.15. The van der Waals surface area contributed by atoms with Crippen molar-refractivity contribution in [3.05, 3.63) is 52.9 Å². The molecule has 0 aliphatic rings. The molecule has 2 unspecified atom stereocenters. The highest BCUT2D eigenvalue weighted by Crippen LogP contribution is 2.25. The number of hydrogen-bond donors (Lipinski definition) is 1.